The van der Waals surface area contributed by atoms with Crippen LogP contribution in [0.25, 0.3) is 0 Å². The van der Waals surface area contributed by atoms with E-state index in [0.29, 0.717) is 6.04 Å². The van der Waals surface area contributed by atoms with E-state index in [2.05, 4.69) is 12.2 Å². The SMILES string of the molecule is CCCCCC(C)N[C]=O. The third-order valence-corrected chi connectivity index (χ3v) is 1.55. The van der Waals surface area contributed by atoms with Gasteiger partial charge in [-0.15, -0.1) is 0 Å². The number of hydrogen-bond donors (Lipinski definition) is 1. The Hall–Kier alpha value is -0.530. The number of amides is 1. The van der Waals surface area contributed by atoms with E-state index in [-0.39, 0.29) is 0 Å². The van der Waals surface area contributed by atoms with E-state index < -0.39 is 0 Å². The summed E-state index contributed by atoms with van der Waals surface area (Å²) < 4.78 is 0. The minimum Gasteiger partial charge on any atom is -0.345 e. The Bertz CT molecular complexity index is 83.3. The lowest BCUT2D eigenvalue weighted by molar-refractivity contribution is 0.503. The van der Waals surface area contributed by atoms with E-state index in [1.54, 1.807) is 6.41 Å². The molecule has 1 atom stereocenters. The highest BCUT2D eigenvalue weighted by Crippen LogP contribution is 2.01. The second-order valence-electron chi connectivity index (χ2n) is 2.64. The Labute approximate surface area is 63.0 Å². The van der Waals surface area contributed by atoms with Crippen molar-refractivity contribution in [3.63, 3.8) is 0 Å². The van der Waals surface area contributed by atoms with Gasteiger partial charge < -0.3 is 5.32 Å². The topological polar surface area (TPSA) is 29.1 Å². The van der Waals surface area contributed by atoms with Gasteiger partial charge in [0.1, 0.15) is 0 Å². The summed E-state index contributed by atoms with van der Waals surface area (Å²) >= 11 is 0. The number of unbranched alkanes of at least 4 members (excludes halogenated alkanes) is 2. The lowest BCUT2D eigenvalue weighted by Gasteiger charge is -2.07. The molecule has 10 heavy (non-hydrogen) atoms. The predicted octanol–water partition coefficient (Wildman–Crippen LogP) is 1.61. The van der Waals surface area contributed by atoms with Crippen LogP contribution in [0.4, 0.5) is 0 Å². The van der Waals surface area contributed by atoms with Crippen molar-refractivity contribution in [1.82, 2.24) is 5.32 Å². The molecule has 0 bridgehead atoms. The van der Waals surface area contributed by atoms with Crippen LogP contribution >= 0.6 is 0 Å². The smallest absolute Gasteiger partial charge is 0.309 e. The first-order chi connectivity index (χ1) is 4.81. The van der Waals surface area contributed by atoms with Gasteiger partial charge in [-0.05, 0) is 13.3 Å². The van der Waals surface area contributed by atoms with E-state index in [0.717, 1.165) is 6.42 Å². The van der Waals surface area contributed by atoms with Gasteiger partial charge in [0.25, 0.3) is 0 Å². The molecule has 0 aliphatic heterocycles. The minimum absolute atomic E-state index is 0.295. The molecule has 0 aliphatic rings. The van der Waals surface area contributed by atoms with Crippen molar-refractivity contribution in [2.75, 3.05) is 0 Å². The number of rotatable bonds is 6. The maximum atomic E-state index is 9.81. The summed E-state index contributed by atoms with van der Waals surface area (Å²) in [6, 6.07) is 0.295. The Balaban J connectivity index is 3.04. The molecule has 0 saturated heterocycles. The maximum absolute atomic E-state index is 9.81. The van der Waals surface area contributed by atoms with E-state index in [4.69, 9.17) is 0 Å². The fourth-order valence-electron chi connectivity index (χ4n) is 0.873. The summed E-state index contributed by atoms with van der Waals surface area (Å²) in [6.07, 6.45) is 6.46. The summed E-state index contributed by atoms with van der Waals surface area (Å²) in [4.78, 5) is 9.81. The van der Waals surface area contributed by atoms with Crippen molar-refractivity contribution < 1.29 is 4.79 Å². The highest BCUT2D eigenvalue weighted by atomic mass is 16.1. The monoisotopic (exact) mass is 142 g/mol. The third-order valence-electron chi connectivity index (χ3n) is 1.55. The van der Waals surface area contributed by atoms with Gasteiger partial charge in [0.05, 0.1) is 0 Å². The molecule has 1 unspecified atom stereocenters. The number of hydrogen-bond acceptors (Lipinski definition) is 1. The average molecular weight is 142 g/mol. The van der Waals surface area contributed by atoms with Gasteiger partial charge in [-0.1, -0.05) is 26.2 Å². The number of carbonyl (C=O) groups excluding carboxylic acids is 1. The fourth-order valence-corrected chi connectivity index (χ4v) is 0.873. The Morgan fingerprint density at radius 3 is 2.70 bits per heavy atom. The van der Waals surface area contributed by atoms with Gasteiger partial charge in [0.15, 0.2) is 0 Å². The zero-order valence-corrected chi connectivity index (χ0v) is 6.81. The predicted molar refractivity (Wildman–Crippen MR) is 42.4 cm³/mol. The first-order valence-corrected chi connectivity index (χ1v) is 3.94. The molecule has 59 valence electrons. The molecule has 1 radical (unpaired) electrons. The normalized spacial score (nSPS) is 12.6. The molecule has 1 N–H and O–H groups in total. The third kappa shape index (κ3) is 5.60. The molecule has 2 nitrogen and oxygen atoms in total. The Morgan fingerprint density at radius 1 is 1.50 bits per heavy atom. The second kappa shape index (κ2) is 6.59. The molecule has 0 saturated carbocycles. The van der Waals surface area contributed by atoms with Crippen molar-refractivity contribution in [2.45, 2.75) is 45.6 Å². The molecule has 0 aromatic heterocycles. The number of nitrogens with one attached hydrogen (secondary N) is 1. The zero-order chi connectivity index (χ0) is 7.82. The van der Waals surface area contributed by atoms with Gasteiger partial charge >= 0.3 is 6.41 Å². The van der Waals surface area contributed by atoms with Crippen LogP contribution in [0.2, 0.25) is 0 Å². The van der Waals surface area contributed by atoms with Crippen molar-refractivity contribution >= 4 is 6.41 Å². The molecule has 0 aromatic carbocycles. The molecular formula is C8H16NO. The van der Waals surface area contributed by atoms with Gasteiger partial charge in [-0.25, -0.2) is 0 Å². The first kappa shape index (κ1) is 9.47. The van der Waals surface area contributed by atoms with E-state index in [1.165, 1.54) is 19.3 Å². The van der Waals surface area contributed by atoms with E-state index >= 15 is 0 Å². The van der Waals surface area contributed by atoms with Gasteiger partial charge in [0.2, 0.25) is 0 Å². The van der Waals surface area contributed by atoms with Crippen LogP contribution in [0.1, 0.15) is 39.5 Å². The highest BCUT2D eigenvalue weighted by Gasteiger charge is 1.97. The maximum Gasteiger partial charge on any atom is 0.309 e. The Kier molecular flexibility index (Phi) is 6.24. The molecule has 0 fully saturated rings. The minimum atomic E-state index is 0.295. The summed E-state index contributed by atoms with van der Waals surface area (Å²) in [7, 11) is 0. The van der Waals surface area contributed by atoms with Crippen LogP contribution in [-0.2, 0) is 4.79 Å². The standard InChI is InChI=1S/C8H16NO/c1-3-4-5-6-8(2)9-7-10/h8H,3-6H2,1-2H3,(H,9,10). The molecule has 2 heteroatoms. The summed E-state index contributed by atoms with van der Waals surface area (Å²) in [6.45, 7) is 4.17. The van der Waals surface area contributed by atoms with Gasteiger partial charge in [0, 0.05) is 6.04 Å². The molecular weight excluding hydrogens is 126 g/mol. The highest BCUT2D eigenvalue weighted by molar-refractivity contribution is 5.47. The molecule has 0 aliphatic carbocycles. The van der Waals surface area contributed by atoms with E-state index in [9.17, 15) is 4.79 Å². The summed E-state index contributed by atoms with van der Waals surface area (Å²) in [5.74, 6) is 0. The Morgan fingerprint density at radius 2 is 2.20 bits per heavy atom. The van der Waals surface area contributed by atoms with Crippen molar-refractivity contribution in [3.05, 3.63) is 0 Å². The van der Waals surface area contributed by atoms with E-state index in [1.807, 2.05) is 6.92 Å². The molecule has 0 heterocycles. The lowest BCUT2D eigenvalue weighted by Crippen LogP contribution is -2.23. The van der Waals surface area contributed by atoms with Crippen LogP contribution < -0.4 is 5.32 Å². The largest absolute Gasteiger partial charge is 0.345 e. The van der Waals surface area contributed by atoms with Crippen molar-refractivity contribution in [1.29, 1.82) is 0 Å². The molecule has 0 aromatic rings. The van der Waals surface area contributed by atoms with Crippen molar-refractivity contribution in [3.8, 4) is 0 Å². The zero-order valence-electron chi connectivity index (χ0n) is 6.81. The molecule has 0 rings (SSSR count). The van der Waals surface area contributed by atoms with Crippen LogP contribution in [-0.4, -0.2) is 12.5 Å². The van der Waals surface area contributed by atoms with Gasteiger partial charge in [-0.3, -0.25) is 4.79 Å². The van der Waals surface area contributed by atoms with Crippen LogP contribution in [0.15, 0.2) is 0 Å². The lowest BCUT2D eigenvalue weighted by atomic mass is 10.1. The average Bonchev–Trinajstić information content (AvgIpc) is 1.89. The van der Waals surface area contributed by atoms with Crippen LogP contribution in [0.3, 0.4) is 0 Å². The van der Waals surface area contributed by atoms with Crippen LogP contribution in [0.5, 0.6) is 0 Å². The second-order valence-corrected chi connectivity index (χ2v) is 2.64. The van der Waals surface area contributed by atoms with Crippen LogP contribution in [0, 0.1) is 0 Å². The quantitative estimate of drug-likeness (QED) is 0.443. The summed E-state index contributed by atoms with van der Waals surface area (Å²) in [5.41, 5.74) is 0. The molecule has 0 spiro atoms. The first-order valence-electron chi connectivity index (χ1n) is 3.94. The molecule has 1 amide bonds. The summed E-state index contributed by atoms with van der Waals surface area (Å²) in [5, 5.41) is 2.60. The fraction of sp³-hybridized carbons (Fsp3) is 0.875. The van der Waals surface area contributed by atoms with Gasteiger partial charge in [-0.2, -0.15) is 0 Å². The van der Waals surface area contributed by atoms with Crippen molar-refractivity contribution in [2.24, 2.45) is 0 Å².